The van der Waals surface area contributed by atoms with E-state index in [1.165, 1.54) is 0 Å². The van der Waals surface area contributed by atoms with Crippen molar-refractivity contribution in [2.45, 2.75) is 32.9 Å². The van der Waals surface area contributed by atoms with Crippen LogP contribution in [-0.4, -0.2) is 16.8 Å². The lowest BCUT2D eigenvalue weighted by Crippen LogP contribution is -2.91. The lowest BCUT2D eigenvalue weighted by atomic mass is 10.0. The molecule has 4 heteroatoms. The number of fused-ring (bicyclic) bond motifs is 1. The summed E-state index contributed by atoms with van der Waals surface area (Å²) in [5.74, 6) is 1.03. The topological polar surface area (TPSA) is 62.6 Å². The van der Waals surface area contributed by atoms with Crippen LogP contribution in [0, 0.1) is 6.92 Å². The average molecular weight is 297 g/mol. The Bertz CT molecular complexity index is 787. The van der Waals surface area contributed by atoms with Gasteiger partial charge in [-0.1, -0.05) is 18.2 Å². The molecule has 0 radical (unpaired) electrons. The molecule has 0 amide bonds. The van der Waals surface area contributed by atoms with Crippen LogP contribution in [0.5, 0.6) is 0 Å². The van der Waals surface area contributed by atoms with E-state index in [0.717, 1.165) is 27.9 Å². The molecule has 3 rings (SSSR count). The first-order valence-corrected chi connectivity index (χ1v) is 7.58. The molecule has 0 fully saturated rings. The zero-order valence-corrected chi connectivity index (χ0v) is 13.1. The summed E-state index contributed by atoms with van der Waals surface area (Å²) in [5.41, 5.74) is 2.73. The number of ketones is 1. The Labute approximate surface area is 129 Å². The van der Waals surface area contributed by atoms with Gasteiger partial charge in [-0.2, -0.15) is 0 Å². The van der Waals surface area contributed by atoms with Gasteiger partial charge < -0.3 is 14.7 Å². The molecule has 0 saturated carbocycles. The van der Waals surface area contributed by atoms with Crippen molar-refractivity contribution in [2.75, 3.05) is 0 Å². The monoisotopic (exact) mass is 297 g/mol. The Balaban J connectivity index is 1.84. The Hall–Kier alpha value is -2.33. The number of nitrogens with two attached hydrogens (primary N) is 1. The van der Waals surface area contributed by atoms with Crippen molar-refractivity contribution in [3.8, 4) is 0 Å². The molecule has 2 atom stereocenters. The Kier molecular flexibility index (Phi) is 3.86. The van der Waals surface area contributed by atoms with Crippen LogP contribution >= 0.6 is 0 Å². The van der Waals surface area contributed by atoms with E-state index in [1.807, 2.05) is 62.5 Å². The van der Waals surface area contributed by atoms with E-state index in [0.29, 0.717) is 0 Å². The van der Waals surface area contributed by atoms with Crippen LogP contribution in [0.3, 0.4) is 0 Å². The minimum Gasteiger partial charge on any atom is -0.463 e. The second-order valence-corrected chi connectivity index (χ2v) is 5.82. The minimum absolute atomic E-state index is 0.111. The number of Topliss-reactive ketones (excluding diaryl/α,β-unsaturated/α-hetero) is 1. The van der Waals surface area contributed by atoms with Gasteiger partial charge in [0, 0.05) is 16.6 Å². The van der Waals surface area contributed by atoms with Gasteiger partial charge >= 0.3 is 0 Å². The number of quaternary nitrogens is 1. The summed E-state index contributed by atoms with van der Waals surface area (Å²) in [6.07, 6.45) is 1.66. The summed E-state index contributed by atoms with van der Waals surface area (Å²) in [4.78, 5) is 16.2. The van der Waals surface area contributed by atoms with Crippen molar-refractivity contribution >= 4 is 16.7 Å². The number of hydrogen-bond acceptors (Lipinski definition) is 2. The van der Waals surface area contributed by atoms with E-state index in [2.05, 4.69) is 4.98 Å². The van der Waals surface area contributed by atoms with Crippen LogP contribution in [0.15, 0.2) is 47.1 Å². The van der Waals surface area contributed by atoms with Crippen molar-refractivity contribution in [3.63, 3.8) is 0 Å². The molecule has 2 aromatic heterocycles. The van der Waals surface area contributed by atoms with Crippen LogP contribution in [0.4, 0.5) is 0 Å². The molecule has 4 nitrogen and oxygen atoms in total. The molecule has 0 aliphatic carbocycles. The summed E-state index contributed by atoms with van der Waals surface area (Å²) in [7, 11) is 0. The molecule has 2 heterocycles. The maximum atomic E-state index is 12.9. The normalized spacial score (nSPS) is 14.1. The van der Waals surface area contributed by atoms with Crippen LogP contribution < -0.4 is 5.32 Å². The van der Waals surface area contributed by atoms with E-state index in [1.54, 1.807) is 6.26 Å². The third-order valence-electron chi connectivity index (χ3n) is 4.12. The molecule has 0 aliphatic rings. The fourth-order valence-corrected chi connectivity index (χ4v) is 2.99. The Morgan fingerprint density at radius 3 is 2.68 bits per heavy atom. The van der Waals surface area contributed by atoms with Gasteiger partial charge in [0.15, 0.2) is 5.76 Å². The number of aryl methyl sites for hydroxylation is 1. The van der Waals surface area contributed by atoms with Crippen LogP contribution in [0.25, 0.3) is 10.9 Å². The average Bonchev–Trinajstić information content (AvgIpc) is 3.13. The first-order chi connectivity index (χ1) is 10.6. The molecule has 3 N–H and O–H groups in total. The predicted octanol–water partition coefficient (Wildman–Crippen LogP) is 2.97. The van der Waals surface area contributed by atoms with E-state index in [-0.39, 0.29) is 17.9 Å². The summed E-state index contributed by atoms with van der Waals surface area (Å²) in [5, 5.41) is 3.04. The lowest BCUT2D eigenvalue weighted by molar-refractivity contribution is -0.710. The second kappa shape index (κ2) is 5.81. The third-order valence-corrected chi connectivity index (χ3v) is 4.12. The quantitative estimate of drug-likeness (QED) is 0.711. The van der Waals surface area contributed by atoms with Crippen LogP contribution in [0.1, 0.15) is 41.7 Å². The first-order valence-electron chi connectivity index (χ1n) is 7.58. The van der Waals surface area contributed by atoms with Gasteiger partial charge in [-0.05, 0) is 39.0 Å². The lowest BCUT2D eigenvalue weighted by Gasteiger charge is -2.14. The summed E-state index contributed by atoms with van der Waals surface area (Å²) < 4.78 is 5.41. The van der Waals surface area contributed by atoms with Crippen LogP contribution in [-0.2, 0) is 0 Å². The Morgan fingerprint density at radius 1 is 1.18 bits per heavy atom. The third kappa shape index (κ3) is 2.57. The highest BCUT2D eigenvalue weighted by Gasteiger charge is 2.26. The van der Waals surface area contributed by atoms with E-state index in [9.17, 15) is 4.79 Å². The highest BCUT2D eigenvalue weighted by molar-refractivity contribution is 6.10. The SMILES string of the molecule is Cc1[nH]c2ccccc2c1C(=O)[C@@H](C)[NH2+][C@H](C)c1ccco1. The van der Waals surface area contributed by atoms with Gasteiger partial charge in [0.05, 0.1) is 11.8 Å². The number of hydrogen-bond donors (Lipinski definition) is 2. The number of aromatic nitrogens is 1. The Morgan fingerprint density at radius 2 is 1.95 bits per heavy atom. The van der Waals surface area contributed by atoms with E-state index < -0.39 is 0 Å². The highest BCUT2D eigenvalue weighted by atomic mass is 16.3. The number of benzene rings is 1. The molecule has 0 unspecified atom stereocenters. The summed E-state index contributed by atoms with van der Waals surface area (Å²) in [6, 6.07) is 11.7. The fraction of sp³-hybridized carbons (Fsp3) is 0.278. The van der Waals surface area contributed by atoms with Crippen molar-refractivity contribution in [1.29, 1.82) is 0 Å². The van der Waals surface area contributed by atoms with Crippen molar-refractivity contribution < 1.29 is 14.5 Å². The number of carbonyl (C=O) groups excluding carboxylic acids is 1. The predicted molar refractivity (Wildman–Crippen MR) is 85.9 cm³/mol. The zero-order valence-electron chi connectivity index (χ0n) is 13.1. The molecular weight excluding hydrogens is 276 g/mol. The summed E-state index contributed by atoms with van der Waals surface area (Å²) >= 11 is 0. The molecule has 114 valence electrons. The highest BCUT2D eigenvalue weighted by Crippen LogP contribution is 2.23. The van der Waals surface area contributed by atoms with Crippen molar-refractivity contribution in [2.24, 2.45) is 0 Å². The maximum absolute atomic E-state index is 12.9. The van der Waals surface area contributed by atoms with Gasteiger partial charge in [-0.15, -0.1) is 0 Å². The van der Waals surface area contributed by atoms with Gasteiger partial charge in [-0.25, -0.2) is 0 Å². The molecule has 0 aliphatic heterocycles. The number of H-pyrrole nitrogens is 1. The standard InChI is InChI=1S/C18H20N2O2/c1-11(16-9-6-10-22-16)19-13(3)18(21)17-12(2)20-15-8-5-4-7-14(15)17/h4-11,13,19-20H,1-3H3/p+1/t11-,13-/m1/s1. The second-order valence-electron chi connectivity index (χ2n) is 5.82. The van der Waals surface area contributed by atoms with Gasteiger partial charge in [0.25, 0.3) is 0 Å². The number of aromatic amines is 1. The van der Waals surface area contributed by atoms with Gasteiger partial charge in [0.1, 0.15) is 12.1 Å². The zero-order chi connectivity index (χ0) is 15.7. The largest absolute Gasteiger partial charge is 0.463 e. The minimum atomic E-state index is -0.169. The number of rotatable bonds is 5. The molecule has 3 aromatic rings. The number of carbonyl (C=O) groups is 1. The maximum Gasteiger partial charge on any atom is 0.221 e. The smallest absolute Gasteiger partial charge is 0.221 e. The van der Waals surface area contributed by atoms with E-state index >= 15 is 0 Å². The fourth-order valence-electron chi connectivity index (χ4n) is 2.99. The molecule has 22 heavy (non-hydrogen) atoms. The molecule has 0 saturated heterocycles. The summed E-state index contributed by atoms with van der Waals surface area (Å²) in [6.45, 7) is 5.95. The number of para-hydroxylation sites is 1. The van der Waals surface area contributed by atoms with E-state index in [4.69, 9.17) is 4.42 Å². The van der Waals surface area contributed by atoms with Gasteiger partial charge in [-0.3, -0.25) is 4.79 Å². The molecule has 0 spiro atoms. The molecule has 1 aromatic carbocycles. The van der Waals surface area contributed by atoms with Crippen LogP contribution in [0.2, 0.25) is 0 Å². The number of nitrogens with one attached hydrogen (secondary N) is 1. The number of furan rings is 1. The van der Waals surface area contributed by atoms with Crippen molar-refractivity contribution in [1.82, 2.24) is 4.98 Å². The van der Waals surface area contributed by atoms with Crippen molar-refractivity contribution in [3.05, 3.63) is 59.7 Å². The van der Waals surface area contributed by atoms with Gasteiger partial charge in [0.2, 0.25) is 5.78 Å². The molecular formula is C18H21N2O2+. The molecule has 0 bridgehead atoms. The first kappa shape index (κ1) is 14.6.